The summed E-state index contributed by atoms with van der Waals surface area (Å²) >= 11 is 1.63. The van der Waals surface area contributed by atoms with E-state index in [4.69, 9.17) is 0 Å². The quantitative estimate of drug-likeness (QED) is 0.649. The molecule has 1 fully saturated rings. The van der Waals surface area contributed by atoms with Crippen LogP contribution in [0.4, 0.5) is 5.69 Å². The number of benzene rings is 2. The number of nitrogens with zero attached hydrogens (tertiary/aromatic N) is 2. The molecular formula is C21H22N4O2S. The van der Waals surface area contributed by atoms with Gasteiger partial charge in [-0.1, -0.05) is 18.2 Å². The lowest BCUT2D eigenvalue weighted by Crippen LogP contribution is -2.35. The summed E-state index contributed by atoms with van der Waals surface area (Å²) in [5.74, 6) is 0.209. The summed E-state index contributed by atoms with van der Waals surface area (Å²) in [6.07, 6.45) is 2.22. The van der Waals surface area contributed by atoms with Crippen molar-refractivity contribution in [3.63, 3.8) is 0 Å². The van der Waals surface area contributed by atoms with Crippen LogP contribution in [-0.2, 0) is 9.59 Å². The Morgan fingerprint density at radius 2 is 2.11 bits per heavy atom. The summed E-state index contributed by atoms with van der Waals surface area (Å²) in [6.45, 7) is 2.29. The van der Waals surface area contributed by atoms with Crippen LogP contribution in [-0.4, -0.2) is 34.6 Å². The molecule has 2 amide bonds. The Kier molecular flexibility index (Phi) is 5.09. The smallest absolute Gasteiger partial charge is 0.227 e. The van der Waals surface area contributed by atoms with E-state index in [1.807, 2.05) is 61.7 Å². The summed E-state index contributed by atoms with van der Waals surface area (Å²) in [5.41, 5.74) is 2.65. The number of rotatable bonds is 5. The van der Waals surface area contributed by atoms with Crippen molar-refractivity contribution < 1.29 is 9.59 Å². The highest BCUT2D eigenvalue weighted by atomic mass is 32.2. The molecule has 2 N–H and O–H groups in total. The third-order valence-corrected chi connectivity index (χ3v) is 5.76. The van der Waals surface area contributed by atoms with Crippen molar-refractivity contribution in [3.05, 3.63) is 54.4 Å². The molecule has 2 unspecified atom stereocenters. The van der Waals surface area contributed by atoms with Gasteiger partial charge < -0.3 is 15.2 Å². The third-order valence-electron chi connectivity index (χ3n) is 5.04. The minimum atomic E-state index is -0.364. The number of para-hydroxylation sites is 2. The largest absolute Gasteiger partial charge is 0.346 e. The Labute approximate surface area is 167 Å². The molecular weight excluding hydrogens is 372 g/mol. The monoisotopic (exact) mass is 394 g/mol. The molecule has 0 saturated carbocycles. The molecule has 2 aromatic carbocycles. The number of H-pyrrole nitrogens is 1. The van der Waals surface area contributed by atoms with Gasteiger partial charge in [0.1, 0.15) is 5.82 Å². The first kappa shape index (κ1) is 18.6. The van der Waals surface area contributed by atoms with E-state index in [-0.39, 0.29) is 30.2 Å². The van der Waals surface area contributed by atoms with E-state index in [1.54, 1.807) is 16.7 Å². The average molecular weight is 395 g/mol. The molecule has 6 nitrogen and oxygen atoms in total. The Morgan fingerprint density at radius 3 is 2.89 bits per heavy atom. The van der Waals surface area contributed by atoms with Crippen LogP contribution in [0, 0.1) is 5.92 Å². The number of fused-ring (bicyclic) bond motifs is 1. The SMILES string of the molecule is CSc1cccc(N2CC(C(=O)NC(C)c3nc4ccccc4[nH]3)CC2=O)c1. The maximum Gasteiger partial charge on any atom is 0.227 e. The number of hydrogen-bond acceptors (Lipinski definition) is 4. The second-order valence-corrected chi connectivity index (χ2v) is 7.86. The van der Waals surface area contributed by atoms with E-state index in [2.05, 4.69) is 15.3 Å². The van der Waals surface area contributed by atoms with Crippen LogP contribution < -0.4 is 10.2 Å². The van der Waals surface area contributed by atoms with Gasteiger partial charge in [0.05, 0.1) is 23.0 Å². The predicted molar refractivity (Wildman–Crippen MR) is 111 cm³/mol. The highest BCUT2D eigenvalue weighted by molar-refractivity contribution is 7.98. The van der Waals surface area contributed by atoms with Gasteiger partial charge in [0.25, 0.3) is 0 Å². The van der Waals surface area contributed by atoms with Gasteiger partial charge >= 0.3 is 0 Å². The molecule has 1 aliphatic heterocycles. The average Bonchev–Trinajstić information content (AvgIpc) is 3.31. The van der Waals surface area contributed by atoms with E-state index >= 15 is 0 Å². The Hall–Kier alpha value is -2.80. The molecule has 2 atom stereocenters. The number of hydrogen-bond donors (Lipinski definition) is 2. The molecule has 144 valence electrons. The number of carbonyl (C=O) groups is 2. The van der Waals surface area contributed by atoms with Gasteiger partial charge in [-0.25, -0.2) is 4.98 Å². The number of anilines is 1. The van der Waals surface area contributed by atoms with Crippen molar-refractivity contribution in [1.82, 2.24) is 15.3 Å². The molecule has 7 heteroatoms. The molecule has 0 bridgehead atoms. The fourth-order valence-corrected chi connectivity index (χ4v) is 3.94. The van der Waals surface area contributed by atoms with Crippen LogP contribution in [0.3, 0.4) is 0 Å². The van der Waals surface area contributed by atoms with E-state index in [9.17, 15) is 9.59 Å². The molecule has 4 rings (SSSR count). The third kappa shape index (κ3) is 3.62. The van der Waals surface area contributed by atoms with Crippen LogP contribution in [0.5, 0.6) is 0 Å². The number of aromatic nitrogens is 2. The maximum absolute atomic E-state index is 12.8. The van der Waals surface area contributed by atoms with Crippen molar-refractivity contribution in [3.8, 4) is 0 Å². The van der Waals surface area contributed by atoms with Crippen molar-refractivity contribution in [2.45, 2.75) is 24.3 Å². The highest BCUT2D eigenvalue weighted by Crippen LogP contribution is 2.28. The van der Waals surface area contributed by atoms with Crippen molar-refractivity contribution in [2.24, 2.45) is 5.92 Å². The second kappa shape index (κ2) is 7.67. The molecule has 1 aliphatic rings. The number of thioether (sulfide) groups is 1. The van der Waals surface area contributed by atoms with Gasteiger partial charge in [-0.2, -0.15) is 0 Å². The van der Waals surface area contributed by atoms with Crippen molar-refractivity contribution in [2.75, 3.05) is 17.7 Å². The Bertz CT molecular complexity index is 999. The van der Waals surface area contributed by atoms with E-state index < -0.39 is 0 Å². The molecule has 0 aliphatic carbocycles. The zero-order chi connectivity index (χ0) is 19.7. The standard InChI is InChI=1S/C21H22N4O2S/c1-13(20-23-17-8-3-4-9-18(17)24-20)22-21(27)14-10-19(26)25(12-14)15-6-5-7-16(11-15)28-2/h3-9,11,13-14H,10,12H2,1-2H3,(H,22,27)(H,23,24). The first-order valence-corrected chi connectivity index (χ1v) is 10.5. The molecule has 1 saturated heterocycles. The van der Waals surface area contributed by atoms with Gasteiger partial charge in [0.15, 0.2) is 0 Å². The summed E-state index contributed by atoms with van der Waals surface area (Å²) in [5, 5.41) is 3.00. The fraction of sp³-hybridized carbons (Fsp3) is 0.286. The van der Waals surface area contributed by atoms with Gasteiger partial charge in [-0.15, -0.1) is 11.8 Å². The number of aromatic amines is 1. The molecule has 1 aromatic heterocycles. The number of amides is 2. The summed E-state index contributed by atoms with van der Waals surface area (Å²) < 4.78 is 0. The van der Waals surface area contributed by atoms with Crippen LogP contribution >= 0.6 is 11.8 Å². The first-order chi connectivity index (χ1) is 13.5. The van der Waals surface area contributed by atoms with Crippen LogP contribution in [0.15, 0.2) is 53.4 Å². The number of imidazole rings is 1. The minimum absolute atomic E-state index is 0.0187. The number of carbonyl (C=O) groups excluding carboxylic acids is 2. The zero-order valence-electron chi connectivity index (χ0n) is 15.8. The highest BCUT2D eigenvalue weighted by Gasteiger charge is 2.35. The lowest BCUT2D eigenvalue weighted by Gasteiger charge is -2.18. The molecule has 0 spiro atoms. The minimum Gasteiger partial charge on any atom is -0.346 e. The molecule has 0 radical (unpaired) electrons. The van der Waals surface area contributed by atoms with E-state index in [0.29, 0.717) is 12.4 Å². The molecule has 28 heavy (non-hydrogen) atoms. The Morgan fingerprint density at radius 1 is 1.29 bits per heavy atom. The Balaban J connectivity index is 1.44. The van der Waals surface area contributed by atoms with Gasteiger partial charge in [-0.05, 0) is 43.5 Å². The summed E-state index contributed by atoms with van der Waals surface area (Å²) in [4.78, 5) is 35.8. The van der Waals surface area contributed by atoms with E-state index in [1.165, 1.54) is 0 Å². The molecule has 2 heterocycles. The normalized spacial score (nSPS) is 17.9. The van der Waals surface area contributed by atoms with Gasteiger partial charge in [-0.3, -0.25) is 9.59 Å². The zero-order valence-corrected chi connectivity index (χ0v) is 16.6. The molecule has 3 aromatic rings. The van der Waals surface area contributed by atoms with Gasteiger partial charge in [0.2, 0.25) is 11.8 Å². The van der Waals surface area contributed by atoms with Crippen LogP contribution in [0.2, 0.25) is 0 Å². The summed E-state index contributed by atoms with van der Waals surface area (Å²) in [7, 11) is 0. The fourth-order valence-electron chi connectivity index (χ4n) is 3.49. The first-order valence-electron chi connectivity index (χ1n) is 9.24. The van der Waals surface area contributed by atoms with Crippen molar-refractivity contribution >= 4 is 40.3 Å². The topological polar surface area (TPSA) is 78.1 Å². The van der Waals surface area contributed by atoms with Crippen molar-refractivity contribution in [1.29, 1.82) is 0 Å². The van der Waals surface area contributed by atoms with Gasteiger partial charge in [0, 0.05) is 23.5 Å². The maximum atomic E-state index is 12.8. The van der Waals surface area contributed by atoms with Crippen LogP contribution in [0.25, 0.3) is 11.0 Å². The van der Waals surface area contributed by atoms with Crippen LogP contribution in [0.1, 0.15) is 25.2 Å². The second-order valence-electron chi connectivity index (χ2n) is 6.98. The predicted octanol–water partition coefficient (Wildman–Crippen LogP) is 3.52. The van der Waals surface area contributed by atoms with E-state index in [0.717, 1.165) is 21.6 Å². The lowest BCUT2D eigenvalue weighted by atomic mass is 10.1. The summed E-state index contributed by atoms with van der Waals surface area (Å²) in [6, 6.07) is 15.3. The number of nitrogens with one attached hydrogen (secondary N) is 2. The lowest BCUT2D eigenvalue weighted by molar-refractivity contribution is -0.126.